The number of rotatable bonds is 2. The highest BCUT2D eigenvalue weighted by Gasteiger charge is 2.17. The normalized spacial score (nSPS) is 12.7. The Hall–Kier alpha value is -1.33. The Labute approximate surface area is 88.8 Å². The second-order valence-corrected chi connectivity index (χ2v) is 3.70. The van der Waals surface area contributed by atoms with E-state index in [1.165, 1.54) is 16.8 Å². The van der Waals surface area contributed by atoms with Gasteiger partial charge in [0.05, 0.1) is 11.2 Å². The molecule has 1 aromatic carbocycles. The van der Waals surface area contributed by atoms with Crippen LogP contribution in [0.5, 0.6) is 0 Å². The number of hydrogen-bond acceptors (Lipinski definition) is 3. The van der Waals surface area contributed by atoms with E-state index in [2.05, 4.69) is 4.98 Å². The topological polar surface area (TPSA) is 33.1 Å². The lowest BCUT2D eigenvalue weighted by Gasteiger charge is -2.09. The Morgan fingerprint density at radius 2 is 2.13 bits per heavy atom. The van der Waals surface area contributed by atoms with Crippen molar-refractivity contribution >= 4 is 11.3 Å². The molecule has 0 saturated heterocycles. The molecule has 2 nitrogen and oxygen atoms in total. The molecule has 0 spiro atoms. The van der Waals surface area contributed by atoms with E-state index in [0.717, 1.165) is 18.2 Å². The van der Waals surface area contributed by atoms with Gasteiger partial charge in [0, 0.05) is 10.9 Å². The summed E-state index contributed by atoms with van der Waals surface area (Å²) in [5, 5.41) is 11.3. The molecule has 2 aromatic rings. The first kappa shape index (κ1) is 10.2. The minimum Gasteiger partial charge on any atom is -0.382 e. The number of thiazole rings is 1. The van der Waals surface area contributed by atoms with Crippen molar-refractivity contribution in [3.05, 3.63) is 52.0 Å². The zero-order chi connectivity index (χ0) is 10.8. The molecule has 1 unspecified atom stereocenters. The fraction of sp³-hybridized carbons (Fsp3) is 0.100. The van der Waals surface area contributed by atoms with E-state index in [0.29, 0.717) is 5.69 Å². The molecule has 0 aliphatic carbocycles. The molecule has 0 bridgehead atoms. The molecule has 0 aliphatic rings. The van der Waals surface area contributed by atoms with Gasteiger partial charge in [-0.05, 0) is 18.2 Å². The van der Waals surface area contributed by atoms with Crippen molar-refractivity contribution in [1.82, 2.24) is 4.98 Å². The van der Waals surface area contributed by atoms with Crippen LogP contribution in [-0.2, 0) is 0 Å². The number of halogens is 2. The molecule has 5 heteroatoms. The van der Waals surface area contributed by atoms with E-state index in [1.807, 2.05) is 0 Å². The standard InChI is InChI=1S/C10H7F2NOS/c11-6-1-2-8(12)7(3-6)10(14)9-4-15-5-13-9/h1-5,10,14H. The molecule has 1 heterocycles. The van der Waals surface area contributed by atoms with Crippen molar-refractivity contribution in [3.8, 4) is 0 Å². The Morgan fingerprint density at radius 1 is 1.33 bits per heavy atom. The fourth-order valence-corrected chi connectivity index (χ4v) is 1.81. The van der Waals surface area contributed by atoms with Crippen LogP contribution in [0.25, 0.3) is 0 Å². The molecule has 0 saturated carbocycles. The second kappa shape index (κ2) is 4.04. The van der Waals surface area contributed by atoms with Crippen molar-refractivity contribution in [2.75, 3.05) is 0 Å². The maximum atomic E-state index is 13.3. The summed E-state index contributed by atoms with van der Waals surface area (Å²) < 4.78 is 26.1. The first-order valence-corrected chi connectivity index (χ1v) is 5.14. The first-order valence-electron chi connectivity index (χ1n) is 4.19. The quantitative estimate of drug-likeness (QED) is 0.855. The number of hydrogen-bond donors (Lipinski definition) is 1. The Kier molecular flexibility index (Phi) is 2.75. The average Bonchev–Trinajstić information content (AvgIpc) is 2.74. The van der Waals surface area contributed by atoms with Crippen LogP contribution < -0.4 is 0 Å². The predicted octanol–water partition coefficient (Wildman–Crippen LogP) is 2.50. The van der Waals surface area contributed by atoms with Gasteiger partial charge in [0.1, 0.15) is 17.7 Å². The fourth-order valence-electron chi connectivity index (χ4n) is 1.24. The maximum Gasteiger partial charge on any atom is 0.129 e. The molecule has 1 aromatic heterocycles. The van der Waals surface area contributed by atoms with Gasteiger partial charge in [0.2, 0.25) is 0 Å². The summed E-state index contributed by atoms with van der Waals surface area (Å²) >= 11 is 1.29. The van der Waals surface area contributed by atoms with Gasteiger partial charge in [-0.15, -0.1) is 11.3 Å². The highest BCUT2D eigenvalue weighted by molar-refractivity contribution is 7.07. The molecule has 78 valence electrons. The lowest BCUT2D eigenvalue weighted by atomic mass is 10.1. The number of nitrogens with zero attached hydrogens (tertiary/aromatic N) is 1. The number of benzene rings is 1. The molecule has 1 N–H and O–H groups in total. The number of aliphatic hydroxyl groups excluding tert-OH is 1. The summed E-state index contributed by atoms with van der Waals surface area (Å²) in [5.41, 5.74) is 1.75. The summed E-state index contributed by atoms with van der Waals surface area (Å²) in [6.07, 6.45) is -1.22. The van der Waals surface area contributed by atoms with Gasteiger partial charge in [-0.3, -0.25) is 0 Å². The molecule has 1 atom stereocenters. The number of aromatic nitrogens is 1. The minimum atomic E-state index is -1.22. The highest BCUT2D eigenvalue weighted by Crippen LogP contribution is 2.24. The minimum absolute atomic E-state index is 0.0964. The van der Waals surface area contributed by atoms with Crippen LogP contribution in [0, 0.1) is 11.6 Å². The Morgan fingerprint density at radius 3 is 2.80 bits per heavy atom. The van der Waals surface area contributed by atoms with Crippen LogP contribution in [0.1, 0.15) is 17.4 Å². The molecule has 15 heavy (non-hydrogen) atoms. The summed E-state index contributed by atoms with van der Waals surface area (Å²) in [4.78, 5) is 3.84. The molecule has 0 radical (unpaired) electrons. The van der Waals surface area contributed by atoms with Gasteiger partial charge < -0.3 is 5.11 Å². The van der Waals surface area contributed by atoms with Crippen LogP contribution in [-0.4, -0.2) is 10.1 Å². The number of aliphatic hydroxyl groups is 1. The lowest BCUT2D eigenvalue weighted by molar-refractivity contribution is 0.210. The second-order valence-electron chi connectivity index (χ2n) is 2.98. The van der Waals surface area contributed by atoms with E-state index >= 15 is 0 Å². The van der Waals surface area contributed by atoms with Gasteiger partial charge >= 0.3 is 0 Å². The van der Waals surface area contributed by atoms with Crippen LogP contribution in [0.2, 0.25) is 0 Å². The van der Waals surface area contributed by atoms with Crippen LogP contribution in [0.15, 0.2) is 29.1 Å². The van der Waals surface area contributed by atoms with Crippen LogP contribution in [0.3, 0.4) is 0 Å². The monoisotopic (exact) mass is 227 g/mol. The van der Waals surface area contributed by atoms with Crippen molar-refractivity contribution in [1.29, 1.82) is 0 Å². The average molecular weight is 227 g/mol. The first-order chi connectivity index (χ1) is 7.18. The van der Waals surface area contributed by atoms with E-state index in [9.17, 15) is 13.9 Å². The van der Waals surface area contributed by atoms with E-state index in [4.69, 9.17) is 0 Å². The molecule has 2 rings (SSSR count). The summed E-state index contributed by atoms with van der Waals surface area (Å²) in [7, 11) is 0. The third-order valence-electron chi connectivity index (χ3n) is 1.98. The van der Waals surface area contributed by atoms with Gasteiger partial charge in [-0.1, -0.05) is 0 Å². The predicted molar refractivity (Wildman–Crippen MR) is 52.5 cm³/mol. The zero-order valence-electron chi connectivity index (χ0n) is 7.52. The molecule has 0 fully saturated rings. The molecule has 0 aliphatic heterocycles. The highest BCUT2D eigenvalue weighted by atomic mass is 32.1. The van der Waals surface area contributed by atoms with Crippen molar-refractivity contribution in [2.45, 2.75) is 6.10 Å². The van der Waals surface area contributed by atoms with E-state index in [1.54, 1.807) is 5.38 Å². The SMILES string of the molecule is OC(c1cscn1)c1cc(F)ccc1F. The molecular weight excluding hydrogens is 220 g/mol. The van der Waals surface area contributed by atoms with Gasteiger partial charge in [-0.2, -0.15) is 0 Å². The van der Waals surface area contributed by atoms with E-state index in [-0.39, 0.29) is 5.56 Å². The third-order valence-corrected chi connectivity index (χ3v) is 2.59. The summed E-state index contributed by atoms with van der Waals surface area (Å²) in [6, 6.07) is 2.96. The van der Waals surface area contributed by atoms with Crippen LogP contribution >= 0.6 is 11.3 Å². The van der Waals surface area contributed by atoms with Crippen molar-refractivity contribution in [2.24, 2.45) is 0 Å². The van der Waals surface area contributed by atoms with Gasteiger partial charge in [0.15, 0.2) is 0 Å². The molecule has 0 amide bonds. The third kappa shape index (κ3) is 2.03. The van der Waals surface area contributed by atoms with Crippen LogP contribution in [0.4, 0.5) is 8.78 Å². The van der Waals surface area contributed by atoms with Gasteiger partial charge in [0.25, 0.3) is 0 Å². The summed E-state index contributed by atoms with van der Waals surface area (Å²) in [5.74, 6) is -1.22. The van der Waals surface area contributed by atoms with Crippen molar-refractivity contribution in [3.63, 3.8) is 0 Å². The smallest absolute Gasteiger partial charge is 0.129 e. The largest absolute Gasteiger partial charge is 0.382 e. The molecular formula is C10H7F2NOS. The Balaban J connectivity index is 2.41. The summed E-state index contributed by atoms with van der Waals surface area (Å²) in [6.45, 7) is 0. The lowest BCUT2D eigenvalue weighted by Crippen LogP contribution is -2.03. The van der Waals surface area contributed by atoms with Crippen molar-refractivity contribution < 1.29 is 13.9 Å². The maximum absolute atomic E-state index is 13.3. The Bertz CT molecular complexity index is 458. The van der Waals surface area contributed by atoms with E-state index < -0.39 is 17.7 Å². The van der Waals surface area contributed by atoms with Gasteiger partial charge in [-0.25, -0.2) is 13.8 Å². The zero-order valence-corrected chi connectivity index (χ0v) is 8.34.